The lowest BCUT2D eigenvalue weighted by Crippen LogP contribution is -2.63. The smallest absolute Gasteiger partial charge is 0.305 e. The molecule has 8 rings (SSSR count). The Labute approximate surface area is 344 Å². The number of nitrogens with one attached hydrogen (secondary N) is 2. The van der Waals surface area contributed by atoms with Crippen LogP contribution >= 0.6 is 0 Å². The lowest BCUT2D eigenvalue weighted by Gasteiger charge is -2.58. The van der Waals surface area contributed by atoms with Crippen molar-refractivity contribution in [3.8, 4) is 6.07 Å². The number of hydrogen-bond acceptors (Lipinski definition) is 9. The maximum Gasteiger partial charge on any atom is 0.305 e. The summed E-state index contributed by atoms with van der Waals surface area (Å²) in [5, 5.41) is 11.1. The monoisotopic (exact) mass is 790 g/mol. The van der Waals surface area contributed by atoms with Crippen molar-refractivity contribution in [2.45, 2.75) is 96.9 Å². The van der Waals surface area contributed by atoms with Crippen LogP contribution in [0, 0.1) is 25.2 Å². The number of carbonyl (C=O) groups excluding carboxylic acids is 3. The molecule has 0 saturated carbocycles. The van der Waals surface area contributed by atoms with Gasteiger partial charge in [-0.2, -0.15) is 5.26 Å². The van der Waals surface area contributed by atoms with Crippen molar-refractivity contribution in [2.75, 3.05) is 26.2 Å². The van der Waals surface area contributed by atoms with Gasteiger partial charge in [0.25, 0.3) is 0 Å². The van der Waals surface area contributed by atoms with E-state index < -0.39 is 10.8 Å². The van der Waals surface area contributed by atoms with Crippen LogP contribution < -0.4 is 4.90 Å². The minimum atomic E-state index is -0.797. The number of aromatic amines is 2. The number of carbonyl (C=O) groups is 3. The fraction of sp³-hybridized carbons (Fsp3) is 0.375. The van der Waals surface area contributed by atoms with Gasteiger partial charge in [-0.1, -0.05) is 13.8 Å². The average Bonchev–Trinajstić information content (AvgIpc) is 3.90. The van der Waals surface area contributed by atoms with Crippen molar-refractivity contribution < 1.29 is 23.9 Å². The molecule has 11 heteroatoms. The molecule has 0 spiro atoms. The second-order valence-corrected chi connectivity index (χ2v) is 16.3. The molecule has 0 unspecified atom stereocenters. The number of nitriles is 1. The van der Waals surface area contributed by atoms with Crippen molar-refractivity contribution in [1.82, 2.24) is 19.9 Å². The molecule has 0 saturated heterocycles. The highest BCUT2D eigenvalue weighted by Crippen LogP contribution is 2.64. The summed E-state index contributed by atoms with van der Waals surface area (Å²) in [5.74, 6) is -0.616. The lowest BCUT2D eigenvalue weighted by atomic mass is 9.50. The summed E-state index contributed by atoms with van der Waals surface area (Å²) >= 11 is 0. The van der Waals surface area contributed by atoms with E-state index in [1.165, 1.54) is 14.2 Å². The van der Waals surface area contributed by atoms with E-state index in [4.69, 9.17) is 19.4 Å². The van der Waals surface area contributed by atoms with Gasteiger partial charge in [-0.3, -0.25) is 19.4 Å². The number of methoxy groups -OCH3 is 2. The first-order valence-electron chi connectivity index (χ1n) is 20.4. The van der Waals surface area contributed by atoms with Gasteiger partial charge in [-0.15, -0.1) is 0 Å². The molecule has 4 aliphatic rings. The van der Waals surface area contributed by atoms with E-state index in [1.54, 1.807) is 0 Å². The number of aromatic nitrogens is 4. The van der Waals surface area contributed by atoms with Gasteiger partial charge >= 0.3 is 11.9 Å². The molecular formula is C48H50N6O5. The number of esters is 2. The van der Waals surface area contributed by atoms with E-state index in [0.29, 0.717) is 30.4 Å². The number of likely N-dealkylation sites (N-methyl/N-ethyl adjacent to an activating group) is 1. The maximum absolute atomic E-state index is 12.6. The molecule has 3 atom stereocenters. The van der Waals surface area contributed by atoms with E-state index in [0.717, 1.165) is 108 Å². The van der Waals surface area contributed by atoms with Crippen molar-refractivity contribution in [2.24, 2.45) is 0 Å². The molecule has 0 radical (unpaired) electrons. The van der Waals surface area contributed by atoms with Crippen LogP contribution in [0.2, 0.25) is 0 Å². The molecule has 302 valence electrons. The number of hydrogen-bond donors (Lipinski definition) is 2. The molecule has 11 nitrogen and oxygen atoms in total. The van der Waals surface area contributed by atoms with Gasteiger partial charge in [0.05, 0.1) is 71.0 Å². The summed E-state index contributed by atoms with van der Waals surface area (Å²) in [6.45, 7) is 12.8. The molecule has 3 aromatic heterocycles. The van der Waals surface area contributed by atoms with E-state index >= 15 is 0 Å². The third-order valence-electron chi connectivity index (χ3n) is 13.9. The third kappa shape index (κ3) is 5.63. The zero-order valence-electron chi connectivity index (χ0n) is 35.3. The Kier molecular flexibility index (Phi) is 9.73. The second-order valence-electron chi connectivity index (χ2n) is 16.3. The number of H-pyrrole nitrogens is 2. The Balaban J connectivity index is 1.59. The molecule has 6 heterocycles. The van der Waals surface area contributed by atoms with Crippen LogP contribution in [0.5, 0.6) is 0 Å². The van der Waals surface area contributed by atoms with Crippen molar-refractivity contribution in [3.05, 3.63) is 104 Å². The van der Waals surface area contributed by atoms with Gasteiger partial charge in [-0.25, -0.2) is 4.98 Å². The third-order valence-corrected chi connectivity index (χ3v) is 13.9. The first-order chi connectivity index (χ1) is 28.3. The highest BCUT2D eigenvalue weighted by atomic mass is 16.5. The van der Waals surface area contributed by atoms with Crippen LogP contribution in [-0.4, -0.2) is 65.5 Å². The summed E-state index contributed by atoms with van der Waals surface area (Å²) in [5.41, 5.74) is 15.1. The fourth-order valence-corrected chi connectivity index (χ4v) is 10.7. The predicted octanol–water partition coefficient (Wildman–Crippen LogP) is 8.69. The first kappa shape index (κ1) is 39.5. The Bertz CT molecular complexity index is 2780. The number of benzene rings is 1. The van der Waals surface area contributed by atoms with Crippen molar-refractivity contribution >= 4 is 63.2 Å². The molecule has 1 aromatic carbocycles. The van der Waals surface area contributed by atoms with Gasteiger partial charge < -0.3 is 24.3 Å². The van der Waals surface area contributed by atoms with E-state index in [2.05, 4.69) is 60.8 Å². The molecule has 3 aliphatic heterocycles. The summed E-state index contributed by atoms with van der Waals surface area (Å²) in [7, 11) is 4.83. The number of allylic oxidation sites excluding steroid dienone is 2. The predicted molar refractivity (Wildman–Crippen MR) is 230 cm³/mol. The van der Waals surface area contributed by atoms with Crippen LogP contribution in [0.4, 0.5) is 5.69 Å². The molecule has 8 bridgehead atoms. The topological polar surface area (TPSA) is 154 Å². The van der Waals surface area contributed by atoms with Crippen LogP contribution in [0.25, 0.3) is 39.3 Å². The molecule has 0 fully saturated rings. The Hall–Kier alpha value is -6.28. The molecule has 0 amide bonds. The number of rotatable bonds is 9. The van der Waals surface area contributed by atoms with Gasteiger partial charge in [0, 0.05) is 53.3 Å². The van der Waals surface area contributed by atoms with E-state index in [-0.39, 0.29) is 30.8 Å². The molecule has 1 aliphatic carbocycles. The normalized spacial score (nSPS) is 20.2. The number of nitrogens with zero attached hydrogens (tertiary/aromatic N) is 4. The standard InChI is InChI=1S/C48H50N6O5/c1-10-30-27(5)44-33-19-29(23-49)46-48(11-2)45(33)53-41(47(48,6)34-18-28(24-55)12-15-40(34)54(46)7)22-36-26(4)32(14-17-43(57)59-9)39(51-36)21-38-31(13-16-42(56)58-8)25(3)35(50-38)20-37(30)52-44/h12,15,18-22,24,46,51-52H,10-11,13-14,16-17H2,1-9H3/t46-,47+,48+/m1/s1. The number of aryl methyl sites for hydroxylation is 4. The highest BCUT2D eigenvalue weighted by Gasteiger charge is 2.66. The van der Waals surface area contributed by atoms with Crippen molar-refractivity contribution in [1.29, 1.82) is 5.26 Å². The summed E-state index contributed by atoms with van der Waals surface area (Å²) < 4.78 is 10.1. The zero-order valence-corrected chi connectivity index (χ0v) is 35.3. The maximum atomic E-state index is 12.6. The number of ether oxygens (including phenoxy) is 2. The van der Waals surface area contributed by atoms with Gasteiger partial charge in [0.2, 0.25) is 0 Å². The van der Waals surface area contributed by atoms with Crippen LogP contribution in [0.15, 0.2) is 42.0 Å². The quantitative estimate of drug-likeness (QED) is 0.125. The molecular weight excluding hydrogens is 741 g/mol. The SMILES string of the molecule is CCc1c(C)c2[nH]c1cc1nc(cc3[nH]c(cc4nc5c2C=C(C#N)[C@H]2N(C)c6ccc(C=O)cc6[C@]4(C)[C@@]52CC)c(C)c3CCC(=O)OC)C(CCC(=O)OC)=C1C. The van der Waals surface area contributed by atoms with E-state index in [9.17, 15) is 19.6 Å². The van der Waals surface area contributed by atoms with Crippen LogP contribution in [0.3, 0.4) is 0 Å². The molecule has 59 heavy (non-hydrogen) atoms. The highest BCUT2D eigenvalue weighted by molar-refractivity contribution is 5.95. The minimum Gasteiger partial charge on any atom is -0.469 e. The largest absolute Gasteiger partial charge is 0.469 e. The Morgan fingerprint density at radius 3 is 2.27 bits per heavy atom. The van der Waals surface area contributed by atoms with E-state index in [1.807, 2.05) is 51.2 Å². The minimum absolute atomic E-state index is 0.178. The zero-order chi connectivity index (χ0) is 42.1. The summed E-state index contributed by atoms with van der Waals surface area (Å²) in [4.78, 5) is 58.2. The Morgan fingerprint density at radius 2 is 1.61 bits per heavy atom. The summed E-state index contributed by atoms with van der Waals surface area (Å²) in [6.07, 6.45) is 5.54. The first-order valence-corrected chi connectivity index (χ1v) is 20.4. The van der Waals surface area contributed by atoms with Gasteiger partial charge in [0.1, 0.15) is 6.29 Å². The number of anilines is 1. The number of fused-ring (bicyclic) bond motifs is 11. The van der Waals surface area contributed by atoms with Gasteiger partial charge in [0.15, 0.2) is 0 Å². The van der Waals surface area contributed by atoms with Crippen LogP contribution in [-0.2, 0) is 42.7 Å². The van der Waals surface area contributed by atoms with Crippen LogP contribution in [0.1, 0.15) is 120 Å². The fourth-order valence-electron chi connectivity index (χ4n) is 10.7. The average molecular weight is 791 g/mol. The van der Waals surface area contributed by atoms with Crippen molar-refractivity contribution in [3.63, 3.8) is 0 Å². The molecule has 4 aromatic rings. The molecule has 2 N–H and O–H groups in total. The summed E-state index contributed by atoms with van der Waals surface area (Å²) in [6, 6.07) is 14.4. The number of aldehydes is 1. The Morgan fingerprint density at radius 1 is 0.915 bits per heavy atom. The second kappa shape index (κ2) is 14.5. The van der Waals surface area contributed by atoms with Gasteiger partial charge in [-0.05, 0) is 135 Å². The lowest BCUT2D eigenvalue weighted by molar-refractivity contribution is -0.141.